The lowest BCUT2D eigenvalue weighted by Crippen LogP contribution is -2.24. The molecule has 0 saturated carbocycles. The van der Waals surface area contributed by atoms with Gasteiger partial charge in [-0.05, 0) is 43.9 Å². The highest BCUT2D eigenvalue weighted by atomic mass is 32.1. The first-order valence-corrected chi connectivity index (χ1v) is 8.88. The lowest BCUT2D eigenvalue weighted by atomic mass is 10.1. The molecule has 0 amide bonds. The average Bonchev–Trinajstić information content (AvgIpc) is 3.27. The molecule has 0 spiro atoms. The second-order valence-electron chi connectivity index (χ2n) is 6.07. The van der Waals surface area contributed by atoms with Gasteiger partial charge >= 0.3 is 5.97 Å². The van der Waals surface area contributed by atoms with Crippen LogP contribution < -0.4 is 0 Å². The monoisotopic (exact) mass is 339 g/mol. The van der Waals surface area contributed by atoms with Crippen molar-refractivity contribution in [2.75, 3.05) is 0 Å². The molecule has 1 aliphatic carbocycles. The summed E-state index contributed by atoms with van der Waals surface area (Å²) in [5.74, 6) is -0.597. The molecule has 1 aliphatic rings. The normalized spacial score (nSPS) is 14.5. The molecule has 0 radical (unpaired) electrons. The minimum atomic E-state index is -0.811. The van der Waals surface area contributed by atoms with E-state index in [9.17, 15) is 9.59 Å². The molecule has 0 aliphatic heterocycles. The summed E-state index contributed by atoms with van der Waals surface area (Å²) in [6.45, 7) is 1.63. The molecule has 1 atom stereocenters. The van der Waals surface area contributed by atoms with Crippen molar-refractivity contribution in [2.45, 2.75) is 32.3 Å². The summed E-state index contributed by atoms with van der Waals surface area (Å²) >= 11 is 1.49. The molecule has 0 unspecified atom stereocenters. The van der Waals surface area contributed by atoms with E-state index in [-0.39, 0.29) is 5.78 Å². The van der Waals surface area contributed by atoms with Gasteiger partial charge in [0.05, 0.1) is 0 Å². The number of H-pyrrole nitrogens is 1. The van der Waals surface area contributed by atoms with Crippen LogP contribution in [0.25, 0.3) is 10.9 Å². The van der Waals surface area contributed by atoms with Gasteiger partial charge in [-0.3, -0.25) is 4.79 Å². The van der Waals surface area contributed by atoms with Gasteiger partial charge < -0.3 is 9.72 Å². The minimum absolute atomic E-state index is 0.190. The number of ketones is 1. The van der Waals surface area contributed by atoms with Crippen molar-refractivity contribution in [2.24, 2.45) is 0 Å². The van der Waals surface area contributed by atoms with Gasteiger partial charge in [0.1, 0.15) is 4.88 Å². The Labute approximate surface area is 143 Å². The fraction of sp³-hybridized carbons (Fsp3) is 0.263. The number of hydrogen-bond donors (Lipinski definition) is 1. The van der Waals surface area contributed by atoms with Crippen LogP contribution in [0, 0.1) is 0 Å². The summed E-state index contributed by atoms with van der Waals surface area (Å²) in [4.78, 5) is 29.9. The molecule has 0 fully saturated rings. The number of esters is 1. The van der Waals surface area contributed by atoms with Crippen LogP contribution in [0.2, 0.25) is 0 Å². The lowest BCUT2D eigenvalue weighted by molar-refractivity contribution is 0.0324. The number of Topliss-reactive ketones (excluding diaryl/α,β-unsaturated/α-hetero) is 1. The number of carbonyl (C=O) groups excluding carboxylic acids is 2. The minimum Gasteiger partial charge on any atom is -0.450 e. The number of fused-ring (bicyclic) bond motifs is 2. The number of benzene rings is 1. The average molecular weight is 339 g/mol. The van der Waals surface area contributed by atoms with Crippen LogP contribution in [0.1, 0.15) is 43.8 Å². The SMILES string of the molecule is C[C@H](OC(=O)c1cc2c(s1)CCC2)C(=O)c1c[nH]c2ccccc12. The van der Waals surface area contributed by atoms with E-state index in [0.29, 0.717) is 10.4 Å². The Morgan fingerprint density at radius 2 is 2.08 bits per heavy atom. The van der Waals surface area contributed by atoms with Crippen LogP contribution in [0.5, 0.6) is 0 Å². The molecule has 122 valence electrons. The third-order valence-corrected chi connectivity index (χ3v) is 5.67. The summed E-state index contributed by atoms with van der Waals surface area (Å²) < 4.78 is 5.42. The van der Waals surface area contributed by atoms with Crippen LogP contribution in [0.15, 0.2) is 36.5 Å². The number of rotatable bonds is 4. The second-order valence-corrected chi connectivity index (χ2v) is 7.21. The summed E-state index contributed by atoms with van der Waals surface area (Å²) in [7, 11) is 0. The Morgan fingerprint density at radius 3 is 2.92 bits per heavy atom. The van der Waals surface area contributed by atoms with E-state index >= 15 is 0 Å². The van der Waals surface area contributed by atoms with Crippen molar-refractivity contribution in [3.8, 4) is 0 Å². The van der Waals surface area contributed by atoms with Crippen molar-refractivity contribution in [1.82, 2.24) is 4.98 Å². The van der Waals surface area contributed by atoms with E-state index < -0.39 is 12.1 Å². The molecule has 24 heavy (non-hydrogen) atoms. The van der Waals surface area contributed by atoms with Gasteiger partial charge in [0.25, 0.3) is 0 Å². The van der Waals surface area contributed by atoms with Gasteiger partial charge in [-0.1, -0.05) is 18.2 Å². The zero-order valence-electron chi connectivity index (χ0n) is 13.3. The number of ether oxygens (including phenoxy) is 1. The number of aromatic amines is 1. The Bertz CT molecular complexity index is 916. The number of nitrogens with one attached hydrogen (secondary N) is 1. The van der Waals surface area contributed by atoms with E-state index in [1.807, 2.05) is 30.3 Å². The van der Waals surface area contributed by atoms with Gasteiger partial charge in [0.2, 0.25) is 5.78 Å². The van der Waals surface area contributed by atoms with Crippen molar-refractivity contribution >= 4 is 34.0 Å². The Balaban J connectivity index is 1.51. The number of thiophene rings is 1. The topological polar surface area (TPSA) is 59.2 Å². The van der Waals surface area contributed by atoms with Gasteiger partial charge in [-0.25, -0.2) is 4.79 Å². The number of hydrogen-bond acceptors (Lipinski definition) is 4. The molecule has 0 saturated heterocycles. The third-order valence-electron chi connectivity index (χ3n) is 4.46. The standard InChI is InChI=1S/C19H17NO3S/c1-11(18(21)14-10-20-15-7-3-2-6-13(14)15)23-19(22)17-9-12-5-4-8-16(12)24-17/h2-3,6-7,9-11,20H,4-5,8H2,1H3/t11-/m0/s1. The number of para-hydroxylation sites is 1. The highest BCUT2D eigenvalue weighted by molar-refractivity contribution is 7.14. The van der Waals surface area contributed by atoms with E-state index in [1.165, 1.54) is 21.8 Å². The summed E-state index contributed by atoms with van der Waals surface area (Å²) in [5, 5.41) is 0.848. The zero-order valence-corrected chi connectivity index (χ0v) is 14.1. The summed E-state index contributed by atoms with van der Waals surface area (Å²) in [5.41, 5.74) is 2.70. The molecule has 2 heterocycles. The highest BCUT2D eigenvalue weighted by Gasteiger charge is 2.25. The maximum Gasteiger partial charge on any atom is 0.349 e. The Kier molecular flexibility index (Phi) is 3.73. The fourth-order valence-electron chi connectivity index (χ4n) is 3.20. The van der Waals surface area contributed by atoms with E-state index in [1.54, 1.807) is 13.1 Å². The fourth-order valence-corrected chi connectivity index (χ4v) is 4.33. The van der Waals surface area contributed by atoms with E-state index in [2.05, 4.69) is 4.98 Å². The number of carbonyl (C=O) groups is 2. The maximum atomic E-state index is 12.6. The van der Waals surface area contributed by atoms with Crippen LogP contribution in [0.4, 0.5) is 0 Å². The van der Waals surface area contributed by atoms with E-state index in [0.717, 1.165) is 30.2 Å². The number of aromatic nitrogens is 1. The molecular formula is C19H17NO3S. The molecule has 2 aromatic heterocycles. The van der Waals surface area contributed by atoms with Crippen molar-refractivity contribution < 1.29 is 14.3 Å². The van der Waals surface area contributed by atoms with Crippen molar-refractivity contribution in [1.29, 1.82) is 0 Å². The Hall–Kier alpha value is -2.40. The summed E-state index contributed by atoms with van der Waals surface area (Å²) in [6, 6.07) is 9.51. The lowest BCUT2D eigenvalue weighted by Gasteiger charge is -2.11. The quantitative estimate of drug-likeness (QED) is 0.574. The first-order chi connectivity index (χ1) is 11.6. The predicted octanol–water partition coefficient (Wildman–Crippen LogP) is 4.15. The highest BCUT2D eigenvalue weighted by Crippen LogP contribution is 2.31. The van der Waals surface area contributed by atoms with Gasteiger partial charge in [0.15, 0.2) is 6.10 Å². The largest absolute Gasteiger partial charge is 0.450 e. The van der Waals surface area contributed by atoms with Crippen LogP contribution in [-0.2, 0) is 17.6 Å². The molecule has 5 heteroatoms. The van der Waals surface area contributed by atoms with E-state index in [4.69, 9.17) is 4.74 Å². The van der Waals surface area contributed by atoms with Crippen molar-refractivity contribution in [3.63, 3.8) is 0 Å². The molecular weight excluding hydrogens is 322 g/mol. The molecule has 4 nitrogen and oxygen atoms in total. The smallest absolute Gasteiger partial charge is 0.349 e. The first-order valence-electron chi connectivity index (χ1n) is 8.06. The second kappa shape index (κ2) is 5.91. The molecule has 1 N–H and O–H groups in total. The van der Waals surface area contributed by atoms with Crippen LogP contribution in [-0.4, -0.2) is 22.8 Å². The van der Waals surface area contributed by atoms with Gasteiger partial charge in [0, 0.05) is 27.5 Å². The Morgan fingerprint density at radius 1 is 1.25 bits per heavy atom. The maximum absolute atomic E-state index is 12.6. The van der Waals surface area contributed by atoms with Crippen LogP contribution in [0.3, 0.4) is 0 Å². The first kappa shape index (κ1) is 15.1. The van der Waals surface area contributed by atoms with Crippen molar-refractivity contribution in [3.05, 3.63) is 57.4 Å². The van der Waals surface area contributed by atoms with Gasteiger partial charge in [-0.2, -0.15) is 0 Å². The van der Waals surface area contributed by atoms with Crippen LogP contribution >= 0.6 is 11.3 Å². The molecule has 1 aromatic carbocycles. The molecule has 3 aromatic rings. The predicted molar refractivity (Wildman–Crippen MR) is 93.9 cm³/mol. The summed E-state index contributed by atoms with van der Waals surface area (Å²) in [6.07, 6.45) is 4.09. The number of aryl methyl sites for hydroxylation is 2. The molecule has 4 rings (SSSR count). The van der Waals surface area contributed by atoms with Gasteiger partial charge in [-0.15, -0.1) is 11.3 Å². The zero-order chi connectivity index (χ0) is 16.7. The molecule has 0 bridgehead atoms. The third kappa shape index (κ3) is 2.55.